The van der Waals surface area contributed by atoms with Crippen LogP contribution >= 0.6 is 0 Å². The lowest BCUT2D eigenvalue weighted by atomic mass is 9.82. The lowest BCUT2D eigenvalue weighted by molar-refractivity contribution is 0.110. The Labute approximate surface area is 114 Å². The van der Waals surface area contributed by atoms with Gasteiger partial charge >= 0.3 is 0 Å². The van der Waals surface area contributed by atoms with E-state index in [0.29, 0.717) is 12.5 Å². The first-order valence-electron chi connectivity index (χ1n) is 6.93. The molecule has 1 aliphatic rings. The predicted octanol–water partition coefficient (Wildman–Crippen LogP) is 1.27. The summed E-state index contributed by atoms with van der Waals surface area (Å²) in [5, 5.41) is 32.8. The second kappa shape index (κ2) is 5.90. The first-order chi connectivity index (χ1) is 9.04. The fourth-order valence-electron chi connectivity index (χ4n) is 2.94. The van der Waals surface area contributed by atoms with E-state index in [1.807, 2.05) is 0 Å². The molecule has 0 spiro atoms. The maximum atomic E-state index is 10.4. The van der Waals surface area contributed by atoms with Crippen LogP contribution < -0.4 is 5.32 Å². The van der Waals surface area contributed by atoms with Gasteiger partial charge in [0.1, 0.15) is 5.75 Å². The van der Waals surface area contributed by atoms with Crippen LogP contribution in [-0.2, 0) is 12.8 Å². The fourth-order valence-corrected chi connectivity index (χ4v) is 2.94. The zero-order chi connectivity index (χ0) is 14.0. The zero-order valence-electron chi connectivity index (χ0n) is 11.6. The number of fused-ring (bicyclic) bond motifs is 1. The summed E-state index contributed by atoms with van der Waals surface area (Å²) in [6, 6.07) is 3.80. The normalized spacial score (nSPS) is 22.6. The highest BCUT2D eigenvalue weighted by molar-refractivity contribution is 5.47. The third-order valence-corrected chi connectivity index (χ3v) is 3.76. The average Bonchev–Trinajstić information content (AvgIpc) is 2.36. The summed E-state index contributed by atoms with van der Waals surface area (Å²) in [5.74, 6) is 0.218. The van der Waals surface area contributed by atoms with Crippen LogP contribution in [-0.4, -0.2) is 34.0 Å². The molecule has 0 saturated heterocycles. The van der Waals surface area contributed by atoms with Crippen molar-refractivity contribution >= 4 is 0 Å². The van der Waals surface area contributed by atoms with E-state index in [1.54, 1.807) is 12.1 Å². The van der Waals surface area contributed by atoms with Crippen LogP contribution in [0.15, 0.2) is 12.1 Å². The minimum absolute atomic E-state index is 0.00772. The Morgan fingerprint density at radius 1 is 1.37 bits per heavy atom. The molecular formula is C15H23NO3. The van der Waals surface area contributed by atoms with Gasteiger partial charge in [0, 0.05) is 18.7 Å². The minimum atomic E-state index is -0.552. The van der Waals surface area contributed by atoms with E-state index in [4.69, 9.17) is 5.11 Å². The van der Waals surface area contributed by atoms with Crippen molar-refractivity contribution < 1.29 is 15.3 Å². The molecule has 1 aromatic rings. The lowest BCUT2D eigenvalue weighted by Gasteiger charge is -2.33. The van der Waals surface area contributed by atoms with Crippen molar-refractivity contribution in [1.82, 2.24) is 5.32 Å². The van der Waals surface area contributed by atoms with Gasteiger partial charge in [-0.25, -0.2) is 0 Å². The largest absolute Gasteiger partial charge is 0.508 e. The van der Waals surface area contributed by atoms with Gasteiger partial charge in [-0.1, -0.05) is 19.9 Å². The number of aliphatic hydroxyl groups is 2. The summed E-state index contributed by atoms with van der Waals surface area (Å²) in [5.41, 5.74) is 2.66. The van der Waals surface area contributed by atoms with Gasteiger partial charge < -0.3 is 20.6 Å². The maximum absolute atomic E-state index is 10.4. The monoisotopic (exact) mass is 265 g/mol. The molecule has 2 unspecified atom stereocenters. The molecule has 4 heteroatoms. The molecule has 4 N–H and O–H groups in total. The molecule has 0 heterocycles. The predicted molar refractivity (Wildman–Crippen MR) is 74.2 cm³/mol. The maximum Gasteiger partial charge on any atom is 0.119 e. The average molecular weight is 265 g/mol. The number of rotatable bonds is 4. The highest BCUT2D eigenvalue weighted by Gasteiger charge is 2.30. The molecule has 0 radical (unpaired) electrons. The van der Waals surface area contributed by atoms with Crippen LogP contribution in [0.2, 0.25) is 0 Å². The summed E-state index contributed by atoms with van der Waals surface area (Å²) in [6.45, 7) is 4.14. The second-order valence-corrected chi connectivity index (χ2v) is 5.52. The van der Waals surface area contributed by atoms with E-state index in [0.717, 1.165) is 29.5 Å². The van der Waals surface area contributed by atoms with Gasteiger partial charge in [-0.3, -0.25) is 0 Å². The summed E-state index contributed by atoms with van der Waals surface area (Å²) < 4.78 is 0. The molecule has 0 bridgehead atoms. The second-order valence-electron chi connectivity index (χ2n) is 5.52. The Balaban J connectivity index is 2.32. The lowest BCUT2D eigenvalue weighted by Crippen LogP contribution is -2.42. The number of hydrogen-bond donors (Lipinski definition) is 4. The summed E-state index contributed by atoms with van der Waals surface area (Å²) in [7, 11) is 0. The Kier molecular flexibility index (Phi) is 4.45. The van der Waals surface area contributed by atoms with Crippen molar-refractivity contribution in [3.63, 3.8) is 0 Å². The van der Waals surface area contributed by atoms with Crippen LogP contribution in [0.3, 0.4) is 0 Å². The van der Waals surface area contributed by atoms with Crippen molar-refractivity contribution in [3.8, 4) is 5.75 Å². The number of phenols is 1. The van der Waals surface area contributed by atoms with Crippen molar-refractivity contribution in [2.75, 3.05) is 6.61 Å². The Bertz CT molecular complexity index is 445. The highest BCUT2D eigenvalue weighted by Crippen LogP contribution is 2.36. The quantitative estimate of drug-likeness (QED) is 0.661. The molecule has 106 valence electrons. The molecule has 1 aromatic carbocycles. The third kappa shape index (κ3) is 2.91. The summed E-state index contributed by atoms with van der Waals surface area (Å²) in [6.07, 6.45) is 1.54. The Morgan fingerprint density at radius 3 is 2.74 bits per heavy atom. The molecule has 0 saturated carbocycles. The van der Waals surface area contributed by atoms with Crippen molar-refractivity contribution in [3.05, 3.63) is 28.8 Å². The topological polar surface area (TPSA) is 72.7 Å². The first-order valence-corrected chi connectivity index (χ1v) is 6.93. The van der Waals surface area contributed by atoms with Crippen molar-refractivity contribution in [2.24, 2.45) is 0 Å². The summed E-state index contributed by atoms with van der Waals surface area (Å²) in [4.78, 5) is 0. The van der Waals surface area contributed by atoms with Gasteiger partial charge in [-0.2, -0.15) is 0 Å². The molecule has 0 fully saturated rings. The SMILES string of the molecule is CC(C)NC1CCc2c(ccc(O)c2CCO)C1O. The first kappa shape index (κ1) is 14.3. The Morgan fingerprint density at radius 2 is 2.11 bits per heavy atom. The number of nitrogens with one attached hydrogen (secondary N) is 1. The molecule has 4 nitrogen and oxygen atoms in total. The molecular weight excluding hydrogens is 242 g/mol. The standard InChI is InChI=1S/C15H23NO3/c1-9(2)16-13-5-3-10-11(7-8-17)14(18)6-4-12(10)15(13)19/h4,6,9,13,15-19H,3,5,7-8H2,1-2H3. The number of phenolic OH excluding ortho intramolecular Hbond substituents is 1. The van der Waals surface area contributed by atoms with Crippen molar-refractivity contribution in [1.29, 1.82) is 0 Å². The molecule has 0 amide bonds. The number of hydrogen-bond acceptors (Lipinski definition) is 4. The van der Waals surface area contributed by atoms with Gasteiger partial charge in [0.15, 0.2) is 0 Å². The van der Waals surface area contributed by atoms with Crippen LogP contribution in [0.5, 0.6) is 5.75 Å². The van der Waals surface area contributed by atoms with E-state index < -0.39 is 6.10 Å². The fraction of sp³-hybridized carbons (Fsp3) is 0.600. The molecule has 1 aliphatic carbocycles. The van der Waals surface area contributed by atoms with E-state index >= 15 is 0 Å². The Hall–Kier alpha value is -1.10. The van der Waals surface area contributed by atoms with Gasteiger partial charge in [0.2, 0.25) is 0 Å². The number of aliphatic hydroxyl groups excluding tert-OH is 2. The van der Waals surface area contributed by atoms with E-state index in [2.05, 4.69) is 19.2 Å². The van der Waals surface area contributed by atoms with Gasteiger partial charge in [0.25, 0.3) is 0 Å². The molecule has 19 heavy (non-hydrogen) atoms. The zero-order valence-corrected chi connectivity index (χ0v) is 11.6. The molecule has 2 rings (SSSR count). The molecule has 2 atom stereocenters. The van der Waals surface area contributed by atoms with Gasteiger partial charge in [0.05, 0.1) is 6.10 Å². The summed E-state index contributed by atoms with van der Waals surface area (Å²) >= 11 is 0. The van der Waals surface area contributed by atoms with Crippen LogP contribution in [0.4, 0.5) is 0 Å². The highest BCUT2D eigenvalue weighted by atomic mass is 16.3. The molecule has 0 aliphatic heterocycles. The number of benzene rings is 1. The third-order valence-electron chi connectivity index (χ3n) is 3.76. The van der Waals surface area contributed by atoms with E-state index in [-0.39, 0.29) is 18.4 Å². The van der Waals surface area contributed by atoms with E-state index in [9.17, 15) is 10.2 Å². The van der Waals surface area contributed by atoms with E-state index in [1.165, 1.54) is 0 Å². The van der Waals surface area contributed by atoms with Gasteiger partial charge in [-0.15, -0.1) is 0 Å². The van der Waals surface area contributed by atoms with Gasteiger partial charge in [-0.05, 0) is 42.0 Å². The van der Waals surface area contributed by atoms with Crippen molar-refractivity contribution in [2.45, 2.75) is 51.3 Å². The van der Waals surface area contributed by atoms with Crippen LogP contribution in [0.1, 0.15) is 43.1 Å². The van der Waals surface area contributed by atoms with Crippen LogP contribution in [0.25, 0.3) is 0 Å². The molecule has 0 aromatic heterocycles. The number of aromatic hydroxyl groups is 1. The smallest absolute Gasteiger partial charge is 0.119 e. The minimum Gasteiger partial charge on any atom is -0.508 e. The van der Waals surface area contributed by atoms with Crippen LogP contribution in [0, 0.1) is 0 Å².